The number of hydrogen-bond donors (Lipinski definition) is 2. The highest BCUT2D eigenvalue weighted by Crippen LogP contribution is 2.48. The van der Waals surface area contributed by atoms with E-state index in [-0.39, 0.29) is 0 Å². The van der Waals surface area contributed by atoms with Crippen LogP contribution in [-0.2, 0) is 9.53 Å². The van der Waals surface area contributed by atoms with E-state index in [1.807, 2.05) is 0 Å². The van der Waals surface area contributed by atoms with Crippen LogP contribution in [0.5, 0.6) is 0 Å². The molecule has 3 atom stereocenters. The summed E-state index contributed by atoms with van der Waals surface area (Å²) < 4.78 is 5.33. The lowest BCUT2D eigenvalue weighted by atomic mass is 9.88. The summed E-state index contributed by atoms with van der Waals surface area (Å²) in [7, 11) is 0. The molecule has 0 radical (unpaired) electrons. The van der Waals surface area contributed by atoms with Crippen LogP contribution in [0.25, 0.3) is 0 Å². The van der Waals surface area contributed by atoms with E-state index in [1.165, 1.54) is 19.3 Å². The molecule has 2 saturated carbocycles. The SMILES string of the molecule is O=C(NCC[NH+]1CCOCC1)[C@H]1C[C@@H]2CC[C@H]1C2. The van der Waals surface area contributed by atoms with Crippen LogP contribution in [-0.4, -0.2) is 45.3 Å². The Morgan fingerprint density at radius 2 is 2.06 bits per heavy atom. The van der Waals surface area contributed by atoms with E-state index in [9.17, 15) is 4.79 Å². The number of rotatable bonds is 4. The van der Waals surface area contributed by atoms with Crippen molar-refractivity contribution in [2.45, 2.75) is 25.7 Å². The van der Waals surface area contributed by atoms with Gasteiger partial charge in [-0.05, 0) is 31.1 Å². The number of ether oxygens (including phenoxy) is 1. The number of amides is 1. The fourth-order valence-corrected chi connectivity index (χ4v) is 3.97. The van der Waals surface area contributed by atoms with Crippen molar-refractivity contribution in [1.82, 2.24) is 5.32 Å². The molecule has 0 spiro atoms. The molecule has 3 fully saturated rings. The Kier molecular flexibility index (Phi) is 3.85. The summed E-state index contributed by atoms with van der Waals surface area (Å²) in [5.74, 6) is 2.22. The standard InChI is InChI=1S/C14H24N2O2/c17-14(13-10-11-1-2-12(13)9-11)15-3-4-16-5-7-18-8-6-16/h11-13H,1-10H2,(H,15,17)/p+1/t11-,12+,13+/m1/s1. The van der Waals surface area contributed by atoms with Crippen molar-refractivity contribution < 1.29 is 14.4 Å². The summed E-state index contributed by atoms with van der Waals surface area (Å²) >= 11 is 0. The third-order valence-electron chi connectivity index (χ3n) is 5.05. The molecule has 18 heavy (non-hydrogen) atoms. The summed E-state index contributed by atoms with van der Waals surface area (Å²) in [4.78, 5) is 13.7. The first-order valence-electron chi connectivity index (χ1n) is 7.52. The van der Waals surface area contributed by atoms with Crippen molar-refractivity contribution in [2.24, 2.45) is 17.8 Å². The topological polar surface area (TPSA) is 42.8 Å². The minimum Gasteiger partial charge on any atom is -0.370 e. The van der Waals surface area contributed by atoms with Crippen LogP contribution in [0.3, 0.4) is 0 Å². The van der Waals surface area contributed by atoms with Crippen LogP contribution in [0.1, 0.15) is 25.7 Å². The maximum atomic E-state index is 12.1. The molecule has 3 aliphatic rings. The van der Waals surface area contributed by atoms with Gasteiger partial charge in [0, 0.05) is 5.92 Å². The second kappa shape index (κ2) is 5.57. The number of hydrogen-bond acceptors (Lipinski definition) is 2. The molecule has 0 aromatic heterocycles. The van der Waals surface area contributed by atoms with Gasteiger partial charge in [-0.25, -0.2) is 0 Å². The summed E-state index contributed by atoms with van der Waals surface area (Å²) in [6.07, 6.45) is 5.12. The first-order chi connectivity index (χ1) is 8.83. The highest BCUT2D eigenvalue weighted by molar-refractivity contribution is 5.79. The zero-order valence-electron chi connectivity index (χ0n) is 11.1. The quantitative estimate of drug-likeness (QED) is 0.706. The van der Waals surface area contributed by atoms with Gasteiger partial charge in [-0.15, -0.1) is 0 Å². The van der Waals surface area contributed by atoms with Gasteiger partial charge >= 0.3 is 0 Å². The van der Waals surface area contributed by atoms with Crippen LogP contribution in [0.15, 0.2) is 0 Å². The molecule has 1 heterocycles. The number of nitrogens with one attached hydrogen (secondary N) is 2. The van der Waals surface area contributed by atoms with E-state index in [0.29, 0.717) is 17.7 Å². The number of morpholine rings is 1. The Hall–Kier alpha value is -0.610. The first kappa shape index (κ1) is 12.4. The fraction of sp³-hybridized carbons (Fsp3) is 0.929. The minimum absolute atomic E-state index is 0.329. The highest BCUT2D eigenvalue weighted by Gasteiger charge is 2.42. The van der Waals surface area contributed by atoms with Crippen LogP contribution in [0.2, 0.25) is 0 Å². The zero-order chi connectivity index (χ0) is 12.4. The molecular formula is C14H25N2O2+. The molecule has 1 aliphatic heterocycles. The summed E-state index contributed by atoms with van der Waals surface area (Å²) in [5, 5.41) is 3.16. The maximum Gasteiger partial charge on any atom is 0.223 e. The Morgan fingerprint density at radius 3 is 2.72 bits per heavy atom. The molecule has 2 bridgehead atoms. The zero-order valence-corrected chi connectivity index (χ0v) is 11.1. The van der Waals surface area contributed by atoms with Crippen LogP contribution in [0, 0.1) is 17.8 Å². The van der Waals surface area contributed by atoms with Crippen molar-refractivity contribution in [3.05, 3.63) is 0 Å². The Morgan fingerprint density at radius 1 is 1.22 bits per heavy atom. The molecule has 0 aromatic carbocycles. The van der Waals surface area contributed by atoms with Crippen molar-refractivity contribution in [2.75, 3.05) is 39.4 Å². The Labute approximate surface area is 109 Å². The Bertz CT molecular complexity index is 302. The molecule has 1 saturated heterocycles. The molecule has 2 aliphatic carbocycles. The van der Waals surface area contributed by atoms with Crippen molar-refractivity contribution in [3.8, 4) is 0 Å². The van der Waals surface area contributed by atoms with E-state index in [1.54, 1.807) is 4.90 Å². The van der Waals surface area contributed by atoms with Gasteiger partial charge in [-0.2, -0.15) is 0 Å². The molecular weight excluding hydrogens is 228 g/mol. The fourth-order valence-electron chi connectivity index (χ4n) is 3.97. The number of fused-ring (bicyclic) bond motifs is 2. The highest BCUT2D eigenvalue weighted by atomic mass is 16.5. The summed E-state index contributed by atoms with van der Waals surface area (Å²) in [5.41, 5.74) is 0. The normalized spacial score (nSPS) is 35.9. The average Bonchev–Trinajstić information content (AvgIpc) is 3.02. The van der Waals surface area contributed by atoms with Gasteiger partial charge in [0.2, 0.25) is 5.91 Å². The third-order valence-corrected chi connectivity index (χ3v) is 5.05. The van der Waals surface area contributed by atoms with E-state index >= 15 is 0 Å². The lowest BCUT2D eigenvalue weighted by molar-refractivity contribution is -0.906. The molecule has 1 amide bonds. The first-order valence-corrected chi connectivity index (χ1v) is 7.52. The Balaban J connectivity index is 1.36. The smallest absolute Gasteiger partial charge is 0.223 e. The van der Waals surface area contributed by atoms with Gasteiger partial charge in [0.15, 0.2) is 0 Å². The van der Waals surface area contributed by atoms with Gasteiger partial charge in [0.1, 0.15) is 13.1 Å². The average molecular weight is 253 g/mol. The predicted molar refractivity (Wildman–Crippen MR) is 68.3 cm³/mol. The second-order valence-electron chi connectivity index (χ2n) is 6.18. The predicted octanol–water partition coefficient (Wildman–Crippen LogP) is -0.546. The monoisotopic (exact) mass is 253 g/mol. The molecule has 0 aromatic rings. The van der Waals surface area contributed by atoms with Crippen molar-refractivity contribution in [3.63, 3.8) is 0 Å². The van der Waals surface area contributed by atoms with E-state index in [2.05, 4.69) is 5.32 Å². The largest absolute Gasteiger partial charge is 0.370 e. The van der Waals surface area contributed by atoms with Crippen molar-refractivity contribution >= 4 is 5.91 Å². The van der Waals surface area contributed by atoms with E-state index < -0.39 is 0 Å². The minimum atomic E-state index is 0.329. The van der Waals surface area contributed by atoms with E-state index in [4.69, 9.17) is 4.74 Å². The maximum absolute atomic E-state index is 12.1. The molecule has 102 valence electrons. The molecule has 2 N–H and O–H groups in total. The molecule has 4 nitrogen and oxygen atoms in total. The van der Waals surface area contributed by atoms with Crippen molar-refractivity contribution in [1.29, 1.82) is 0 Å². The van der Waals surface area contributed by atoms with Gasteiger partial charge in [0.05, 0.1) is 26.3 Å². The number of carbonyl (C=O) groups is 1. The lowest BCUT2D eigenvalue weighted by Gasteiger charge is -2.25. The molecule has 3 rings (SSSR count). The van der Waals surface area contributed by atoms with Gasteiger partial charge in [-0.1, -0.05) is 6.42 Å². The second-order valence-corrected chi connectivity index (χ2v) is 6.18. The molecule has 0 unspecified atom stereocenters. The molecule has 4 heteroatoms. The van der Waals surface area contributed by atoms with Gasteiger partial charge in [-0.3, -0.25) is 4.79 Å². The third kappa shape index (κ3) is 2.69. The number of carbonyl (C=O) groups excluding carboxylic acids is 1. The summed E-state index contributed by atoms with van der Waals surface area (Å²) in [6, 6.07) is 0. The summed E-state index contributed by atoms with van der Waals surface area (Å²) in [6.45, 7) is 5.80. The van der Waals surface area contributed by atoms with Gasteiger partial charge in [0.25, 0.3) is 0 Å². The lowest BCUT2D eigenvalue weighted by Crippen LogP contribution is -3.14. The van der Waals surface area contributed by atoms with Crippen LogP contribution in [0.4, 0.5) is 0 Å². The van der Waals surface area contributed by atoms with Gasteiger partial charge < -0.3 is 15.0 Å². The van der Waals surface area contributed by atoms with E-state index in [0.717, 1.165) is 51.7 Å². The van der Waals surface area contributed by atoms with Crippen LogP contribution >= 0.6 is 0 Å². The number of quaternary nitrogens is 1. The van der Waals surface area contributed by atoms with Crippen LogP contribution < -0.4 is 10.2 Å².